The molecule has 0 aliphatic carbocycles. The Bertz CT molecular complexity index is 1230. The van der Waals surface area contributed by atoms with E-state index in [1.165, 1.54) is 18.2 Å². The molecule has 4 heteroatoms. The second-order valence-corrected chi connectivity index (χ2v) is 7.46. The number of ether oxygens (including phenoxy) is 2. The Hall–Kier alpha value is -4.18. The second-order valence-electron chi connectivity index (χ2n) is 7.46. The highest BCUT2D eigenvalue weighted by Gasteiger charge is 2.08. The van der Waals surface area contributed by atoms with Gasteiger partial charge in [-0.3, -0.25) is 0 Å². The molecule has 164 valence electrons. The largest absolute Gasteiger partial charge is 0.489 e. The monoisotopic (exact) mass is 438 g/mol. The summed E-state index contributed by atoms with van der Waals surface area (Å²) in [5.74, 6) is -0.129. The Balaban J connectivity index is 1.53. The molecule has 4 aromatic rings. The van der Waals surface area contributed by atoms with Gasteiger partial charge >= 0.3 is 5.97 Å². The molecule has 0 atom stereocenters. The molecule has 0 aromatic heterocycles. The zero-order chi connectivity index (χ0) is 22.9. The number of hydrogen-bond acceptors (Lipinski definition) is 3. The molecule has 3 nitrogen and oxygen atoms in total. The summed E-state index contributed by atoms with van der Waals surface area (Å²) in [6.07, 6.45) is 3.06. The van der Waals surface area contributed by atoms with Gasteiger partial charge in [0.05, 0.1) is 0 Å². The Labute approximate surface area is 192 Å². The van der Waals surface area contributed by atoms with Crippen molar-refractivity contribution >= 4 is 12.0 Å². The molecule has 0 aliphatic rings. The molecule has 0 aliphatic heterocycles. The number of esters is 1. The Morgan fingerprint density at radius 2 is 1.45 bits per heavy atom. The first-order valence-corrected chi connectivity index (χ1v) is 10.6. The highest BCUT2D eigenvalue weighted by Crippen LogP contribution is 2.30. The maximum atomic E-state index is 13.9. The molecular formula is C29H23FO3. The number of hydrogen-bond donors (Lipinski definition) is 0. The Morgan fingerprint density at radius 1 is 0.758 bits per heavy atom. The molecule has 0 radical (unpaired) electrons. The SMILES string of the molecule is O=C(/C=C/c1ccc(OCc2ccccc2)cc1-c1cccc(F)c1)OCc1ccccc1. The van der Waals surface area contributed by atoms with Gasteiger partial charge in [-0.1, -0.05) is 78.9 Å². The van der Waals surface area contributed by atoms with Gasteiger partial charge in [0.25, 0.3) is 0 Å². The minimum absolute atomic E-state index is 0.201. The van der Waals surface area contributed by atoms with Crippen LogP contribution < -0.4 is 4.74 Å². The van der Waals surface area contributed by atoms with E-state index in [9.17, 15) is 9.18 Å². The minimum atomic E-state index is -0.451. The van der Waals surface area contributed by atoms with E-state index in [1.807, 2.05) is 84.9 Å². The first kappa shape index (κ1) is 22.0. The molecule has 0 N–H and O–H groups in total. The molecule has 4 aromatic carbocycles. The lowest BCUT2D eigenvalue weighted by Crippen LogP contribution is -2.00. The van der Waals surface area contributed by atoms with Crippen molar-refractivity contribution in [3.8, 4) is 16.9 Å². The normalized spacial score (nSPS) is 10.8. The number of carbonyl (C=O) groups excluding carboxylic acids is 1. The average molecular weight is 438 g/mol. The second kappa shape index (κ2) is 10.9. The zero-order valence-corrected chi connectivity index (χ0v) is 18.0. The molecule has 0 amide bonds. The van der Waals surface area contributed by atoms with Crippen LogP contribution in [0.15, 0.2) is 109 Å². The standard InChI is InChI=1S/C29H23FO3/c30-26-13-7-12-25(18-26)28-19-27(32-20-22-8-3-1-4-9-22)16-14-24(28)15-17-29(31)33-21-23-10-5-2-6-11-23/h1-19H,20-21H2/b17-15+. The van der Waals surface area contributed by atoms with E-state index in [-0.39, 0.29) is 12.4 Å². The molecule has 0 saturated carbocycles. The maximum Gasteiger partial charge on any atom is 0.331 e. The topological polar surface area (TPSA) is 35.5 Å². The lowest BCUT2D eigenvalue weighted by molar-refractivity contribution is -0.138. The summed E-state index contributed by atoms with van der Waals surface area (Å²) < 4.78 is 25.2. The summed E-state index contributed by atoms with van der Waals surface area (Å²) in [5.41, 5.74) is 4.17. The lowest BCUT2D eigenvalue weighted by atomic mass is 9.99. The van der Waals surface area contributed by atoms with Gasteiger partial charge in [-0.25, -0.2) is 9.18 Å². The minimum Gasteiger partial charge on any atom is -0.489 e. The predicted molar refractivity (Wildman–Crippen MR) is 128 cm³/mol. The summed E-state index contributed by atoms with van der Waals surface area (Å²) in [6.45, 7) is 0.622. The zero-order valence-electron chi connectivity index (χ0n) is 18.0. The number of benzene rings is 4. The predicted octanol–water partition coefficient (Wildman–Crippen LogP) is 6.83. The van der Waals surface area contributed by atoms with Gasteiger partial charge in [-0.2, -0.15) is 0 Å². The quantitative estimate of drug-likeness (QED) is 0.223. The van der Waals surface area contributed by atoms with Crippen molar-refractivity contribution < 1.29 is 18.7 Å². The molecule has 4 rings (SSSR count). The van der Waals surface area contributed by atoms with Crippen molar-refractivity contribution in [2.45, 2.75) is 13.2 Å². The van der Waals surface area contributed by atoms with Crippen molar-refractivity contribution in [2.75, 3.05) is 0 Å². The first-order valence-electron chi connectivity index (χ1n) is 10.6. The molecule has 0 heterocycles. The summed E-state index contributed by atoms with van der Waals surface area (Å²) >= 11 is 0. The van der Waals surface area contributed by atoms with Gasteiger partial charge < -0.3 is 9.47 Å². The van der Waals surface area contributed by atoms with E-state index in [4.69, 9.17) is 9.47 Å². The third-order valence-corrected chi connectivity index (χ3v) is 5.03. The number of rotatable bonds is 8. The molecular weight excluding hydrogens is 415 g/mol. The fourth-order valence-electron chi connectivity index (χ4n) is 3.35. The average Bonchev–Trinajstić information content (AvgIpc) is 2.86. The summed E-state index contributed by atoms with van der Waals surface area (Å²) in [7, 11) is 0. The van der Waals surface area contributed by atoms with Gasteiger partial charge in [0, 0.05) is 6.08 Å². The smallest absolute Gasteiger partial charge is 0.331 e. The first-order chi connectivity index (χ1) is 16.2. The number of halogens is 1. The Morgan fingerprint density at radius 3 is 2.15 bits per heavy atom. The van der Waals surface area contributed by atoms with Crippen LogP contribution in [0.1, 0.15) is 16.7 Å². The molecule has 0 bridgehead atoms. The van der Waals surface area contributed by atoms with E-state index in [2.05, 4.69) is 0 Å². The van der Waals surface area contributed by atoms with Crippen LogP contribution in [-0.2, 0) is 22.7 Å². The van der Waals surface area contributed by atoms with Crippen LogP contribution in [0.2, 0.25) is 0 Å². The van der Waals surface area contributed by atoms with Crippen LogP contribution in [0.25, 0.3) is 17.2 Å². The lowest BCUT2D eigenvalue weighted by Gasteiger charge is -2.12. The fraction of sp³-hybridized carbons (Fsp3) is 0.0690. The molecule has 33 heavy (non-hydrogen) atoms. The van der Waals surface area contributed by atoms with Crippen molar-refractivity contribution in [3.63, 3.8) is 0 Å². The van der Waals surface area contributed by atoms with Crippen LogP contribution in [-0.4, -0.2) is 5.97 Å². The van der Waals surface area contributed by atoms with Crippen molar-refractivity contribution in [1.82, 2.24) is 0 Å². The molecule has 0 spiro atoms. The summed E-state index contributed by atoms with van der Waals surface area (Å²) in [6, 6.07) is 31.2. The van der Waals surface area contributed by atoms with Crippen molar-refractivity contribution in [3.05, 3.63) is 132 Å². The number of carbonyl (C=O) groups is 1. The molecule has 0 fully saturated rings. The van der Waals surface area contributed by atoms with E-state index in [0.29, 0.717) is 17.9 Å². The third kappa shape index (κ3) is 6.40. The maximum absolute atomic E-state index is 13.9. The van der Waals surface area contributed by atoms with Crippen molar-refractivity contribution in [2.24, 2.45) is 0 Å². The summed E-state index contributed by atoms with van der Waals surface area (Å²) in [4.78, 5) is 12.2. The third-order valence-electron chi connectivity index (χ3n) is 5.03. The van der Waals surface area contributed by atoms with Crippen LogP contribution in [0, 0.1) is 5.82 Å². The summed E-state index contributed by atoms with van der Waals surface area (Å²) in [5, 5.41) is 0. The van der Waals surface area contributed by atoms with Gasteiger partial charge in [0.2, 0.25) is 0 Å². The fourth-order valence-corrected chi connectivity index (χ4v) is 3.35. The van der Waals surface area contributed by atoms with Gasteiger partial charge in [0.15, 0.2) is 0 Å². The van der Waals surface area contributed by atoms with E-state index in [1.54, 1.807) is 12.1 Å². The van der Waals surface area contributed by atoms with E-state index < -0.39 is 5.97 Å². The van der Waals surface area contributed by atoms with Gasteiger partial charge in [-0.15, -0.1) is 0 Å². The van der Waals surface area contributed by atoms with Crippen molar-refractivity contribution in [1.29, 1.82) is 0 Å². The van der Waals surface area contributed by atoms with Gasteiger partial charge in [-0.05, 0) is 58.2 Å². The van der Waals surface area contributed by atoms with E-state index in [0.717, 1.165) is 22.3 Å². The van der Waals surface area contributed by atoms with E-state index >= 15 is 0 Å². The van der Waals surface area contributed by atoms with Crippen LogP contribution >= 0.6 is 0 Å². The highest BCUT2D eigenvalue weighted by atomic mass is 19.1. The van der Waals surface area contributed by atoms with Crippen LogP contribution in [0.4, 0.5) is 4.39 Å². The highest BCUT2D eigenvalue weighted by molar-refractivity contribution is 5.89. The van der Waals surface area contributed by atoms with Gasteiger partial charge in [0.1, 0.15) is 24.8 Å². The Kier molecular flexibility index (Phi) is 7.29. The van der Waals surface area contributed by atoms with Crippen LogP contribution in [0.3, 0.4) is 0 Å². The molecule has 0 unspecified atom stereocenters. The van der Waals surface area contributed by atoms with Crippen LogP contribution in [0.5, 0.6) is 5.75 Å². The molecule has 0 saturated heterocycles.